The van der Waals surface area contributed by atoms with Crippen molar-refractivity contribution in [3.8, 4) is 0 Å². The van der Waals surface area contributed by atoms with Crippen LogP contribution in [-0.4, -0.2) is 32.0 Å². The SMILES string of the molecule is C/C=C/C(=O)[C@@H](CO)NS(=O)(=O)c1ccccc1. The summed E-state index contributed by atoms with van der Waals surface area (Å²) < 4.78 is 26.0. The lowest BCUT2D eigenvalue weighted by molar-refractivity contribution is -0.116. The number of hydrogen-bond donors (Lipinski definition) is 2. The standard InChI is InChI=1S/C12H15NO4S/c1-2-6-12(15)11(9-14)13-18(16,17)10-7-4-3-5-8-10/h2-8,11,13-14H,9H2,1H3/b6-2+/t11-/m1/s1. The van der Waals surface area contributed by atoms with Gasteiger partial charge in [-0.1, -0.05) is 24.3 Å². The maximum Gasteiger partial charge on any atom is 0.241 e. The van der Waals surface area contributed by atoms with Gasteiger partial charge in [0.25, 0.3) is 0 Å². The van der Waals surface area contributed by atoms with Crippen molar-refractivity contribution in [3.05, 3.63) is 42.5 Å². The molecule has 0 saturated heterocycles. The van der Waals surface area contributed by atoms with Crippen LogP contribution in [0.1, 0.15) is 6.92 Å². The van der Waals surface area contributed by atoms with E-state index in [1.54, 1.807) is 25.1 Å². The molecule has 1 aromatic carbocycles. The van der Waals surface area contributed by atoms with Gasteiger partial charge in [0.2, 0.25) is 10.0 Å². The Morgan fingerprint density at radius 3 is 2.50 bits per heavy atom. The second kappa shape index (κ2) is 6.44. The summed E-state index contributed by atoms with van der Waals surface area (Å²) in [6.45, 7) is 1.05. The molecule has 1 aromatic rings. The van der Waals surface area contributed by atoms with Crippen LogP contribution in [0.2, 0.25) is 0 Å². The predicted octanol–water partition coefficient (Wildman–Crippen LogP) is 0.471. The first kappa shape index (κ1) is 14.6. The molecular weight excluding hydrogens is 254 g/mol. The molecular formula is C12H15NO4S. The van der Waals surface area contributed by atoms with Crippen LogP contribution in [0.5, 0.6) is 0 Å². The maximum absolute atomic E-state index is 11.9. The van der Waals surface area contributed by atoms with Crippen molar-refractivity contribution in [2.75, 3.05) is 6.61 Å². The van der Waals surface area contributed by atoms with E-state index in [-0.39, 0.29) is 4.90 Å². The number of nitrogens with one attached hydrogen (secondary N) is 1. The lowest BCUT2D eigenvalue weighted by Gasteiger charge is -2.13. The fraction of sp³-hybridized carbons (Fsp3) is 0.250. The van der Waals surface area contributed by atoms with Crippen LogP contribution < -0.4 is 4.72 Å². The van der Waals surface area contributed by atoms with E-state index < -0.39 is 28.5 Å². The normalized spacial score (nSPS) is 13.7. The first-order valence-corrected chi connectivity index (χ1v) is 6.84. The van der Waals surface area contributed by atoms with Crippen molar-refractivity contribution < 1.29 is 18.3 Å². The topological polar surface area (TPSA) is 83.5 Å². The molecule has 0 aromatic heterocycles. The minimum absolute atomic E-state index is 0.0525. The van der Waals surface area contributed by atoms with E-state index in [0.29, 0.717) is 0 Å². The van der Waals surface area contributed by atoms with Gasteiger partial charge in [0.15, 0.2) is 5.78 Å². The van der Waals surface area contributed by atoms with Crippen molar-refractivity contribution >= 4 is 15.8 Å². The molecule has 6 heteroatoms. The zero-order chi connectivity index (χ0) is 13.6. The van der Waals surface area contributed by atoms with Gasteiger partial charge in [-0.25, -0.2) is 8.42 Å². The highest BCUT2D eigenvalue weighted by Gasteiger charge is 2.23. The van der Waals surface area contributed by atoms with Crippen LogP contribution in [0, 0.1) is 0 Å². The van der Waals surface area contributed by atoms with Crippen LogP contribution in [0.25, 0.3) is 0 Å². The molecule has 0 aliphatic carbocycles. The molecule has 1 atom stereocenters. The quantitative estimate of drug-likeness (QED) is 0.735. The molecule has 0 unspecified atom stereocenters. The third-order valence-corrected chi connectivity index (χ3v) is 3.70. The minimum atomic E-state index is -3.80. The van der Waals surface area contributed by atoms with Gasteiger partial charge in [-0.3, -0.25) is 4.79 Å². The number of hydrogen-bond acceptors (Lipinski definition) is 4. The van der Waals surface area contributed by atoms with Crippen molar-refractivity contribution in [1.29, 1.82) is 0 Å². The first-order chi connectivity index (χ1) is 8.51. The highest BCUT2D eigenvalue weighted by atomic mass is 32.2. The number of allylic oxidation sites excluding steroid dienone is 1. The third kappa shape index (κ3) is 3.76. The van der Waals surface area contributed by atoms with E-state index in [9.17, 15) is 13.2 Å². The van der Waals surface area contributed by atoms with E-state index in [1.807, 2.05) is 0 Å². The molecule has 1 rings (SSSR count). The zero-order valence-electron chi connectivity index (χ0n) is 9.91. The van der Waals surface area contributed by atoms with Crippen molar-refractivity contribution in [2.45, 2.75) is 17.9 Å². The Kier molecular flexibility index (Phi) is 5.21. The van der Waals surface area contributed by atoms with E-state index in [4.69, 9.17) is 5.11 Å². The smallest absolute Gasteiger partial charge is 0.241 e. The number of rotatable bonds is 6. The van der Waals surface area contributed by atoms with Gasteiger partial charge >= 0.3 is 0 Å². The molecule has 0 amide bonds. The van der Waals surface area contributed by atoms with Gasteiger partial charge in [0, 0.05) is 0 Å². The van der Waals surface area contributed by atoms with Gasteiger partial charge in [-0.05, 0) is 25.1 Å². The number of sulfonamides is 1. The number of aliphatic hydroxyl groups is 1. The van der Waals surface area contributed by atoms with Crippen LogP contribution in [0.3, 0.4) is 0 Å². The number of ketones is 1. The molecule has 0 aliphatic rings. The Morgan fingerprint density at radius 1 is 1.39 bits per heavy atom. The van der Waals surface area contributed by atoms with Crippen LogP contribution >= 0.6 is 0 Å². The second-order valence-electron chi connectivity index (χ2n) is 3.57. The molecule has 0 heterocycles. The number of carbonyl (C=O) groups is 1. The monoisotopic (exact) mass is 269 g/mol. The fourth-order valence-electron chi connectivity index (χ4n) is 1.32. The van der Waals surface area contributed by atoms with Gasteiger partial charge in [-0.2, -0.15) is 4.72 Å². The van der Waals surface area contributed by atoms with E-state index in [2.05, 4.69) is 4.72 Å². The van der Waals surface area contributed by atoms with Gasteiger partial charge in [-0.15, -0.1) is 0 Å². The molecule has 5 nitrogen and oxygen atoms in total. The molecule has 0 radical (unpaired) electrons. The summed E-state index contributed by atoms with van der Waals surface area (Å²) in [6, 6.07) is 6.51. The zero-order valence-corrected chi connectivity index (χ0v) is 10.7. The Bertz CT molecular complexity index is 522. The lowest BCUT2D eigenvalue weighted by atomic mass is 10.2. The maximum atomic E-state index is 11.9. The molecule has 0 aliphatic heterocycles. The Morgan fingerprint density at radius 2 is 2.00 bits per heavy atom. The van der Waals surface area contributed by atoms with Crippen molar-refractivity contribution in [1.82, 2.24) is 4.72 Å². The summed E-state index contributed by atoms with van der Waals surface area (Å²) in [7, 11) is -3.80. The average Bonchev–Trinajstić information content (AvgIpc) is 2.37. The summed E-state index contributed by atoms with van der Waals surface area (Å²) in [5, 5.41) is 9.05. The number of carbonyl (C=O) groups excluding carboxylic acids is 1. The molecule has 98 valence electrons. The molecule has 0 fully saturated rings. The Labute approximate surface area is 106 Å². The first-order valence-electron chi connectivity index (χ1n) is 5.36. The van der Waals surface area contributed by atoms with Gasteiger partial charge < -0.3 is 5.11 Å². The van der Waals surface area contributed by atoms with E-state index >= 15 is 0 Å². The summed E-state index contributed by atoms with van der Waals surface area (Å²) in [6.07, 6.45) is 2.70. The largest absolute Gasteiger partial charge is 0.394 e. The van der Waals surface area contributed by atoms with Gasteiger partial charge in [0.1, 0.15) is 6.04 Å². The van der Waals surface area contributed by atoms with E-state index in [0.717, 1.165) is 0 Å². The summed E-state index contributed by atoms with van der Waals surface area (Å²) in [4.78, 5) is 11.6. The highest BCUT2D eigenvalue weighted by Crippen LogP contribution is 2.08. The third-order valence-electron chi connectivity index (χ3n) is 2.21. The number of aliphatic hydroxyl groups excluding tert-OH is 1. The Hall–Kier alpha value is -1.50. The highest BCUT2D eigenvalue weighted by molar-refractivity contribution is 7.89. The van der Waals surface area contributed by atoms with Crippen LogP contribution in [-0.2, 0) is 14.8 Å². The van der Waals surface area contributed by atoms with Crippen LogP contribution in [0.15, 0.2) is 47.4 Å². The Balaban J connectivity index is 2.92. The number of benzene rings is 1. The van der Waals surface area contributed by atoms with Crippen molar-refractivity contribution in [2.24, 2.45) is 0 Å². The molecule has 2 N–H and O–H groups in total. The minimum Gasteiger partial charge on any atom is -0.394 e. The molecule has 0 saturated carbocycles. The van der Waals surface area contributed by atoms with E-state index in [1.165, 1.54) is 24.3 Å². The second-order valence-corrected chi connectivity index (χ2v) is 5.29. The average molecular weight is 269 g/mol. The lowest BCUT2D eigenvalue weighted by Crippen LogP contribution is -2.42. The van der Waals surface area contributed by atoms with Crippen LogP contribution in [0.4, 0.5) is 0 Å². The predicted molar refractivity (Wildman–Crippen MR) is 67.5 cm³/mol. The van der Waals surface area contributed by atoms with Gasteiger partial charge in [0.05, 0.1) is 11.5 Å². The van der Waals surface area contributed by atoms with Crippen molar-refractivity contribution in [3.63, 3.8) is 0 Å². The molecule has 0 bridgehead atoms. The molecule has 0 spiro atoms. The summed E-state index contributed by atoms with van der Waals surface area (Å²) in [5.74, 6) is -0.487. The summed E-state index contributed by atoms with van der Waals surface area (Å²) >= 11 is 0. The summed E-state index contributed by atoms with van der Waals surface area (Å²) in [5.41, 5.74) is 0. The fourth-order valence-corrected chi connectivity index (χ4v) is 2.54. The molecule has 18 heavy (non-hydrogen) atoms.